The Morgan fingerprint density at radius 3 is 2.52 bits per heavy atom. The maximum Gasteiger partial charge on any atom is 0.274 e. The first-order valence-corrected chi connectivity index (χ1v) is 6.91. The molecule has 0 saturated carbocycles. The van der Waals surface area contributed by atoms with Crippen LogP contribution in [0.5, 0.6) is 17.2 Å². The molecular weight excluding hydrogens is 294 g/mol. The summed E-state index contributed by atoms with van der Waals surface area (Å²) in [6.07, 6.45) is 0. The first-order valence-electron chi connectivity index (χ1n) is 6.38. The second kappa shape index (κ2) is 6.95. The summed E-state index contributed by atoms with van der Waals surface area (Å²) >= 11 is 5.74. The predicted molar refractivity (Wildman–Crippen MR) is 80.3 cm³/mol. The molecule has 5 nitrogen and oxygen atoms in total. The van der Waals surface area contributed by atoms with Gasteiger partial charge in [0.1, 0.15) is 17.2 Å². The molecule has 110 valence electrons. The Morgan fingerprint density at radius 2 is 1.86 bits per heavy atom. The molecule has 0 radical (unpaired) electrons. The van der Waals surface area contributed by atoms with Crippen LogP contribution in [-0.2, 0) is 5.88 Å². The number of nitro benzene ring substituents is 1. The molecule has 0 atom stereocenters. The molecule has 0 saturated heterocycles. The molecule has 0 aromatic heterocycles. The van der Waals surface area contributed by atoms with Gasteiger partial charge >= 0.3 is 0 Å². The summed E-state index contributed by atoms with van der Waals surface area (Å²) in [6, 6.07) is 11.7. The van der Waals surface area contributed by atoms with Crippen molar-refractivity contribution in [3.8, 4) is 17.2 Å². The van der Waals surface area contributed by atoms with Crippen molar-refractivity contribution in [3.63, 3.8) is 0 Å². The first-order chi connectivity index (χ1) is 10.1. The van der Waals surface area contributed by atoms with Gasteiger partial charge in [-0.3, -0.25) is 10.1 Å². The second-order valence-corrected chi connectivity index (χ2v) is 4.46. The van der Waals surface area contributed by atoms with Gasteiger partial charge < -0.3 is 9.47 Å². The number of ether oxygens (including phenoxy) is 2. The average molecular weight is 308 g/mol. The Kier molecular flexibility index (Phi) is 5.00. The molecule has 2 rings (SSSR count). The molecular formula is C15H14ClNO4. The van der Waals surface area contributed by atoms with Crippen LogP contribution in [-0.4, -0.2) is 11.5 Å². The summed E-state index contributed by atoms with van der Waals surface area (Å²) in [5, 5.41) is 10.9. The normalized spacial score (nSPS) is 10.2. The molecule has 6 heteroatoms. The summed E-state index contributed by atoms with van der Waals surface area (Å²) in [4.78, 5) is 10.4. The summed E-state index contributed by atoms with van der Waals surface area (Å²) in [5.74, 6) is 1.83. The van der Waals surface area contributed by atoms with Crippen molar-refractivity contribution in [2.75, 3.05) is 6.61 Å². The van der Waals surface area contributed by atoms with E-state index in [-0.39, 0.29) is 11.6 Å². The Hall–Kier alpha value is -2.27. The van der Waals surface area contributed by atoms with Gasteiger partial charge in [0.05, 0.1) is 17.4 Å². The van der Waals surface area contributed by atoms with Crippen molar-refractivity contribution in [2.45, 2.75) is 12.8 Å². The molecule has 0 unspecified atom stereocenters. The van der Waals surface area contributed by atoms with Gasteiger partial charge in [-0.25, -0.2) is 0 Å². The third-order valence-electron chi connectivity index (χ3n) is 2.74. The zero-order valence-electron chi connectivity index (χ0n) is 11.4. The van der Waals surface area contributed by atoms with E-state index >= 15 is 0 Å². The van der Waals surface area contributed by atoms with E-state index in [0.717, 1.165) is 0 Å². The van der Waals surface area contributed by atoms with E-state index in [1.54, 1.807) is 24.3 Å². The zero-order chi connectivity index (χ0) is 15.2. The fourth-order valence-corrected chi connectivity index (χ4v) is 2.05. The first kappa shape index (κ1) is 15.1. The summed E-state index contributed by atoms with van der Waals surface area (Å²) in [7, 11) is 0. The van der Waals surface area contributed by atoms with Crippen LogP contribution in [0.1, 0.15) is 12.5 Å². The highest BCUT2D eigenvalue weighted by Gasteiger charge is 2.14. The lowest BCUT2D eigenvalue weighted by molar-refractivity contribution is -0.385. The van der Waals surface area contributed by atoms with Crippen LogP contribution in [0.3, 0.4) is 0 Å². The number of hydrogen-bond donors (Lipinski definition) is 0. The number of hydrogen-bond acceptors (Lipinski definition) is 4. The van der Waals surface area contributed by atoms with Crippen LogP contribution in [0.25, 0.3) is 0 Å². The van der Waals surface area contributed by atoms with Gasteiger partial charge in [0.2, 0.25) is 0 Å². The van der Waals surface area contributed by atoms with E-state index in [9.17, 15) is 10.1 Å². The largest absolute Gasteiger partial charge is 0.494 e. The van der Waals surface area contributed by atoms with Crippen LogP contribution < -0.4 is 9.47 Å². The number of benzene rings is 2. The maximum absolute atomic E-state index is 10.9. The number of nitrogens with zero attached hydrogens (tertiary/aromatic N) is 1. The molecule has 0 bridgehead atoms. The van der Waals surface area contributed by atoms with Gasteiger partial charge in [-0.15, -0.1) is 11.6 Å². The molecule has 0 spiro atoms. The van der Waals surface area contributed by atoms with Crippen molar-refractivity contribution >= 4 is 17.3 Å². The molecule has 0 aliphatic heterocycles. The topological polar surface area (TPSA) is 61.6 Å². The molecule has 2 aromatic rings. The van der Waals surface area contributed by atoms with E-state index in [4.69, 9.17) is 21.1 Å². The van der Waals surface area contributed by atoms with Crippen LogP contribution in [0.4, 0.5) is 5.69 Å². The quantitative estimate of drug-likeness (QED) is 0.447. The third-order valence-corrected chi connectivity index (χ3v) is 3.03. The molecule has 0 amide bonds. The van der Waals surface area contributed by atoms with Crippen molar-refractivity contribution in [3.05, 3.63) is 58.1 Å². The molecule has 0 aliphatic carbocycles. The summed E-state index contributed by atoms with van der Waals surface area (Å²) in [6.45, 7) is 2.47. The molecule has 0 N–H and O–H groups in total. The zero-order valence-corrected chi connectivity index (χ0v) is 12.2. The van der Waals surface area contributed by atoms with Crippen molar-refractivity contribution < 1.29 is 14.4 Å². The Labute approximate surface area is 127 Å². The van der Waals surface area contributed by atoms with Crippen molar-refractivity contribution in [1.82, 2.24) is 0 Å². The minimum atomic E-state index is -0.461. The van der Waals surface area contributed by atoms with E-state index in [1.165, 1.54) is 6.07 Å². The van der Waals surface area contributed by atoms with Gasteiger partial charge in [-0.2, -0.15) is 0 Å². The van der Waals surface area contributed by atoms with Gasteiger partial charge in [0, 0.05) is 17.7 Å². The predicted octanol–water partition coefficient (Wildman–Crippen LogP) is 4.52. The van der Waals surface area contributed by atoms with Gasteiger partial charge in [-0.05, 0) is 31.2 Å². The van der Waals surface area contributed by atoms with Gasteiger partial charge in [-0.1, -0.05) is 6.07 Å². The van der Waals surface area contributed by atoms with E-state index < -0.39 is 4.92 Å². The third kappa shape index (κ3) is 3.86. The van der Waals surface area contributed by atoms with Crippen LogP contribution in [0, 0.1) is 10.1 Å². The lowest BCUT2D eigenvalue weighted by Crippen LogP contribution is -1.95. The fraction of sp³-hybridized carbons (Fsp3) is 0.200. The van der Waals surface area contributed by atoms with Crippen LogP contribution in [0.2, 0.25) is 0 Å². The monoisotopic (exact) mass is 307 g/mol. The Morgan fingerprint density at radius 1 is 1.14 bits per heavy atom. The number of halogens is 1. The Balaban J connectivity index is 2.23. The highest BCUT2D eigenvalue weighted by Crippen LogP contribution is 2.30. The summed E-state index contributed by atoms with van der Waals surface area (Å²) in [5.41, 5.74) is 0.403. The van der Waals surface area contributed by atoms with Crippen LogP contribution in [0.15, 0.2) is 42.5 Å². The molecule has 2 aromatic carbocycles. The molecule has 0 aliphatic rings. The minimum absolute atomic E-state index is 0.0135. The number of rotatable bonds is 6. The SMILES string of the molecule is CCOc1cccc(Oc2ccc([N+](=O)[O-])c(CCl)c2)c1. The fourth-order valence-electron chi connectivity index (χ4n) is 1.84. The highest BCUT2D eigenvalue weighted by molar-refractivity contribution is 6.17. The lowest BCUT2D eigenvalue weighted by Gasteiger charge is -2.09. The average Bonchev–Trinajstić information content (AvgIpc) is 2.47. The Bertz CT molecular complexity index is 645. The number of nitro groups is 1. The van der Waals surface area contributed by atoms with Crippen molar-refractivity contribution in [2.24, 2.45) is 0 Å². The molecule has 21 heavy (non-hydrogen) atoms. The molecule has 0 heterocycles. The van der Waals surface area contributed by atoms with Gasteiger partial charge in [0.15, 0.2) is 0 Å². The smallest absolute Gasteiger partial charge is 0.274 e. The number of alkyl halides is 1. The standard InChI is InChI=1S/C15H14ClNO4/c1-2-20-12-4-3-5-13(9-12)21-14-6-7-15(17(18)19)11(8-14)10-16/h3-9H,2,10H2,1H3. The van der Waals surface area contributed by atoms with Crippen molar-refractivity contribution in [1.29, 1.82) is 0 Å². The minimum Gasteiger partial charge on any atom is -0.494 e. The van der Waals surface area contributed by atoms with E-state index in [0.29, 0.717) is 29.4 Å². The van der Waals surface area contributed by atoms with E-state index in [2.05, 4.69) is 0 Å². The molecule has 0 fully saturated rings. The maximum atomic E-state index is 10.9. The highest BCUT2D eigenvalue weighted by atomic mass is 35.5. The van der Waals surface area contributed by atoms with Crippen LogP contribution >= 0.6 is 11.6 Å². The second-order valence-electron chi connectivity index (χ2n) is 4.19. The summed E-state index contributed by atoms with van der Waals surface area (Å²) < 4.78 is 11.1. The van der Waals surface area contributed by atoms with E-state index in [1.807, 2.05) is 19.1 Å². The van der Waals surface area contributed by atoms with Gasteiger partial charge in [0.25, 0.3) is 5.69 Å². The lowest BCUT2D eigenvalue weighted by atomic mass is 10.2.